The zero-order valence-corrected chi connectivity index (χ0v) is 17.2. The van der Waals surface area contributed by atoms with E-state index < -0.39 is 23.1 Å². The smallest absolute Gasteiger partial charge is 0.306 e. The van der Waals surface area contributed by atoms with Gasteiger partial charge in [-0.15, -0.1) is 0 Å². The SMILES string of the molecule is COC(=O)CC(c1ccc(O)c(OC)c1)c1oc(CN2CCCCC2)cc(=O)c1O. The second-order valence-corrected chi connectivity index (χ2v) is 7.39. The first-order chi connectivity index (χ1) is 14.4. The highest BCUT2D eigenvalue weighted by atomic mass is 16.5. The molecule has 8 nitrogen and oxygen atoms in total. The Labute approximate surface area is 174 Å². The standard InChI is InChI=1S/C22H27NO7/c1-28-19-10-14(6-7-17(19)24)16(12-20(26)29-2)22-21(27)18(25)11-15(30-22)13-23-8-4-3-5-9-23/h6-7,10-11,16,24,27H,3-5,8-9,12-13H2,1-2H3. The Hall–Kier alpha value is -3.00. The predicted octanol–water partition coefficient (Wildman–Crippen LogP) is 2.74. The summed E-state index contributed by atoms with van der Waals surface area (Å²) in [7, 11) is 2.67. The van der Waals surface area contributed by atoms with Gasteiger partial charge in [0.25, 0.3) is 0 Å². The number of phenols is 1. The van der Waals surface area contributed by atoms with E-state index in [0.29, 0.717) is 17.9 Å². The molecule has 162 valence electrons. The zero-order valence-electron chi connectivity index (χ0n) is 17.2. The minimum Gasteiger partial charge on any atom is -0.504 e. The molecule has 8 heteroatoms. The van der Waals surface area contributed by atoms with Crippen LogP contribution in [0.3, 0.4) is 0 Å². The first kappa shape index (κ1) is 21.7. The summed E-state index contributed by atoms with van der Waals surface area (Å²) in [5, 5.41) is 20.4. The van der Waals surface area contributed by atoms with Crippen LogP contribution in [-0.2, 0) is 16.1 Å². The number of methoxy groups -OCH3 is 2. The summed E-state index contributed by atoms with van der Waals surface area (Å²) in [5.41, 5.74) is -0.0347. The molecule has 1 unspecified atom stereocenters. The van der Waals surface area contributed by atoms with Crippen LogP contribution in [0, 0.1) is 0 Å². The minimum absolute atomic E-state index is 0.00680. The first-order valence-electron chi connectivity index (χ1n) is 9.95. The number of ether oxygens (including phenoxy) is 2. The number of likely N-dealkylation sites (tertiary alicyclic amines) is 1. The van der Waals surface area contributed by atoms with Gasteiger partial charge in [0.2, 0.25) is 11.2 Å². The largest absolute Gasteiger partial charge is 0.504 e. The number of nitrogens with zero attached hydrogens (tertiary/aromatic N) is 1. The molecule has 3 rings (SSSR count). The summed E-state index contributed by atoms with van der Waals surface area (Å²) in [6, 6.07) is 5.84. The highest BCUT2D eigenvalue weighted by Crippen LogP contribution is 2.37. The van der Waals surface area contributed by atoms with Crippen LogP contribution in [0.25, 0.3) is 0 Å². The van der Waals surface area contributed by atoms with Crippen molar-refractivity contribution in [1.82, 2.24) is 4.90 Å². The van der Waals surface area contributed by atoms with Gasteiger partial charge in [-0.2, -0.15) is 0 Å². The Kier molecular flexibility index (Phi) is 6.99. The van der Waals surface area contributed by atoms with Gasteiger partial charge in [0.15, 0.2) is 17.3 Å². The van der Waals surface area contributed by atoms with E-state index in [9.17, 15) is 19.8 Å². The molecule has 0 radical (unpaired) electrons. The molecule has 1 fully saturated rings. The maximum absolute atomic E-state index is 12.5. The maximum atomic E-state index is 12.5. The lowest BCUT2D eigenvalue weighted by Gasteiger charge is -2.26. The second-order valence-electron chi connectivity index (χ2n) is 7.39. The van der Waals surface area contributed by atoms with Gasteiger partial charge in [-0.1, -0.05) is 12.5 Å². The summed E-state index contributed by atoms with van der Waals surface area (Å²) >= 11 is 0. The molecular formula is C22H27NO7. The molecule has 2 heterocycles. The second kappa shape index (κ2) is 9.67. The van der Waals surface area contributed by atoms with Crippen LogP contribution in [0.1, 0.15) is 48.7 Å². The fourth-order valence-electron chi connectivity index (χ4n) is 3.73. The van der Waals surface area contributed by atoms with E-state index >= 15 is 0 Å². The number of hydrogen-bond donors (Lipinski definition) is 2. The number of esters is 1. The average molecular weight is 417 g/mol. The molecule has 0 aliphatic carbocycles. The van der Waals surface area contributed by atoms with Gasteiger partial charge >= 0.3 is 5.97 Å². The Morgan fingerprint density at radius 3 is 2.57 bits per heavy atom. The molecule has 0 amide bonds. The van der Waals surface area contributed by atoms with Crippen LogP contribution in [-0.4, -0.2) is 48.4 Å². The molecular weight excluding hydrogens is 390 g/mol. The van der Waals surface area contributed by atoms with Gasteiger partial charge in [0.05, 0.1) is 33.1 Å². The first-order valence-corrected chi connectivity index (χ1v) is 9.95. The molecule has 0 spiro atoms. The lowest BCUT2D eigenvalue weighted by molar-refractivity contribution is -0.140. The normalized spacial score (nSPS) is 15.5. The molecule has 0 bridgehead atoms. The van der Waals surface area contributed by atoms with E-state index in [2.05, 4.69) is 4.90 Å². The van der Waals surface area contributed by atoms with Gasteiger partial charge < -0.3 is 24.1 Å². The van der Waals surface area contributed by atoms with Crippen LogP contribution in [0.15, 0.2) is 33.5 Å². The number of carbonyl (C=O) groups is 1. The van der Waals surface area contributed by atoms with Crippen molar-refractivity contribution >= 4 is 5.97 Å². The van der Waals surface area contributed by atoms with E-state index in [0.717, 1.165) is 25.9 Å². The van der Waals surface area contributed by atoms with E-state index in [-0.39, 0.29) is 23.7 Å². The highest BCUT2D eigenvalue weighted by Gasteiger charge is 2.28. The Bertz CT molecular complexity index is 947. The van der Waals surface area contributed by atoms with Crippen molar-refractivity contribution < 1.29 is 28.9 Å². The zero-order chi connectivity index (χ0) is 21.7. The quantitative estimate of drug-likeness (QED) is 0.662. The average Bonchev–Trinajstić information content (AvgIpc) is 2.75. The van der Waals surface area contributed by atoms with Gasteiger partial charge in [0, 0.05) is 6.07 Å². The molecule has 0 saturated carbocycles. The predicted molar refractivity (Wildman–Crippen MR) is 109 cm³/mol. The van der Waals surface area contributed by atoms with E-state index in [1.54, 1.807) is 12.1 Å². The number of benzene rings is 1. The van der Waals surface area contributed by atoms with E-state index in [4.69, 9.17) is 13.9 Å². The number of hydrogen-bond acceptors (Lipinski definition) is 8. The van der Waals surface area contributed by atoms with Gasteiger partial charge in [-0.05, 0) is 43.6 Å². The van der Waals surface area contributed by atoms with Crippen molar-refractivity contribution in [3.8, 4) is 17.2 Å². The lowest BCUT2D eigenvalue weighted by atomic mass is 9.92. The minimum atomic E-state index is -0.791. The van der Waals surface area contributed by atoms with Crippen LogP contribution < -0.4 is 10.2 Å². The summed E-state index contributed by atoms with van der Waals surface area (Å²) in [6.07, 6.45) is 3.21. The molecule has 2 aromatic rings. The van der Waals surface area contributed by atoms with Crippen molar-refractivity contribution in [2.45, 2.75) is 38.1 Å². The van der Waals surface area contributed by atoms with Crippen LogP contribution in [0.4, 0.5) is 0 Å². The Morgan fingerprint density at radius 2 is 1.90 bits per heavy atom. The molecule has 1 aromatic heterocycles. The fourth-order valence-corrected chi connectivity index (χ4v) is 3.73. The van der Waals surface area contributed by atoms with Crippen LogP contribution >= 0.6 is 0 Å². The van der Waals surface area contributed by atoms with Crippen molar-refractivity contribution in [1.29, 1.82) is 0 Å². The van der Waals surface area contributed by atoms with E-state index in [1.165, 1.54) is 32.8 Å². The number of aromatic hydroxyl groups is 2. The molecule has 1 aromatic carbocycles. The maximum Gasteiger partial charge on any atom is 0.306 e. The van der Waals surface area contributed by atoms with Crippen molar-refractivity contribution in [2.75, 3.05) is 27.3 Å². The van der Waals surface area contributed by atoms with Gasteiger partial charge in [0.1, 0.15) is 5.76 Å². The summed E-state index contributed by atoms with van der Waals surface area (Å²) in [4.78, 5) is 26.7. The third kappa shape index (κ3) is 4.94. The summed E-state index contributed by atoms with van der Waals surface area (Å²) in [5.74, 6) is -1.31. The van der Waals surface area contributed by atoms with Crippen molar-refractivity contribution in [2.24, 2.45) is 0 Å². The Morgan fingerprint density at radius 1 is 1.17 bits per heavy atom. The summed E-state index contributed by atoms with van der Waals surface area (Å²) in [6.45, 7) is 2.29. The van der Waals surface area contributed by atoms with Crippen molar-refractivity contribution in [3.05, 3.63) is 51.6 Å². The van der Waals surface area contributed by atoms with Crippen molar-refractivity contribution in [3.63, 3.8) is 0 Å². The van der Waals surface area contributed by atoms with Gasteiger partial charge in [-0.3, -0.25) is 14.5 Å². The molecule has 1 atom stereocenters. The summed E-state index contributed by atoms with van der Waals surface area (Å²) < 4.78 is 15.9. The third-order valence-corrected chi connectivity index (χ3v) is 5.35. The molecule has 2 N–H and O–H groups in total. The molecule has 1 aliphatic rings. The monoisotopic (exact) mass is 417 g/mol. The third-order valence-electron chi connectivity index (χ3n) is 5.35. The Balaban J connectivity index is 2.03. The molecule has 1 saturated heterocycles. The number of carbonyl (C=O) groups excluding carboxylic acids is 1. The fraction of sp³-hybridized carbons (Fsp3) is 0.455. The highest BCUT2D eigenvalue weighted by molar-refractivity contribution is 5.71. The molecule has 30 heavy (non-hydrogen) atoms. The van der Waals surface area contributed by atoms with Crippen LogP contribution in [0.2, 0.25) is 0 Å². The number of piperidine rings is 1. The number of rotatable bonds is 7. The van der Waals surface area contributed by atoms with Gasteiger partial charge in [-0.25, -0.2) is 0 Å². The van der Waals surface area contributed by atoms with E-state index in [1.807, 2.05) is 0 Å². The lowest BCUT2D eigenvalue weighted by Crippen LogP contribution is -2.29. The van der Waals surface area contributed by atoms with Crippen LogP contribution in [0.5, 0.6) is 17.2 Å². The topological polar surface area (TPSA) is 109 Å². The number of phenolic OH excluding ortho intramolecular Hbond substituents is 1. The molecule has 1 aliphatic heterocycles.